The maximum absolute atomic E-state index is 12.3. The van der Waals surface area contributed by atoms with E-state index in [9.17, 15) is 14.4 Å². The van der Waals surface area contributed by atoms with Crippen LogP contribution >= 0.6 is 0 Å². The fourth-order valence-electron chi connectivity index (χ4n) is 2.65. The average molecular weight is 418 g/mol. The second-order valence-electron chi connectivity index (χ2n) is 6.73. The second-order valence-corrected chi connectivity index (χ2v) is 6.73. The van der Waals surface area contributed by atoms with E-state index in [-0.39, 0.29) is 5.91 Å². The van der Waals surface area contributed by atoms with E-state index in [0.29, 0.717) is 28.4 Å². The van der Waals surface area contributed by atoms with Crippen LogP contribution in [0.5, 0.6) is 11.5 Å². The van der Waals surface area contributed by atoms with Gasteiger partial charge in [0.2, 0.25) is 5.91 Å². The molecule has 3 rings (SSSR count). The van der Waals surface area contributed by atoms with Crippen LogP contribution in [0.4, 0.5) is 11.4 Å². The van der Waals surface area contributed by atoms with Gasteiger partial charge in [0.15, 0.2) is 6.10 Å². The Hall–Kier alpha value is -4.13. The fourth-order valence-corrected chi connectivity index (χ4v) is 2.65. The monoisotopic (exact) mass is 418 g/mol. The SMILES string of the molecule is CC(=O)Nc1ccc(NC(=O)[C@H](C)OC(=O)c2ccc(Oc3ccccc3)cc2)cc1. The Kier molecular flexibility index (Phi) is 7.01. The van der Waals surface area contributed by atoms with Crippen molar-refractivity contribution in [2.24, 2.45) is 0 Å². The summed E-state index contributed by atoms with van der Waals surface area (Å²) in [6.07, 6.45) is -0.997. The normalized spacial score (nSPS) is 11.2. The lowest BCUT2D eigenvalue weighted by Crippen LogP contribution is -2.30. The van der Waals surface area contributed by atoms with Crippen molar-refractivity contribution in [1.29, 1.82) is 0 Å². The molecule has 0 aliphatic rings. The van der Waals surface area contributed by atoms with E-state index in [0.717, 1.165) is 0 Å². The van der Waals surface area contributed by atoms with Crippen LogP contribution < -0.4 is 15.4 Å². The smallest absolute Gasteiger partial charge is 0.338 e. The van der Waals surface area contributed by atoms with Crippen LogP contribution in [0.25, 0.3) is 0 Å². The lowest BCUT2D eigenvalue weighted by Gasteiger charge is -2.14. The maximum atomic E-state index is 12.3. The lowest BCUT2D eigenvalue weighted by atomic mass is 10.2. The Morgan fingerprint density at radius 1 is 0.742 bits per heavy atom. The van der Waals surface area contributed by atoms with Gasteiger partial charge in [0.25, 0.3) is 5.91 Å². The third-order valence-corrected chi connectivity index (χ3v) is 4.19. The van der Waals surface area contributed by atoms with Crippen molar-refractivity contribution in [3.8, 4) is 11.5 Å². The molecule has 3 aromatic carbocycles. The third-order valence-electron chi connectivity index (χ3n) is 4.19. The Balaban J connectivity index is 1.53. The van der Waals surface area contributed by atoms with Crippen LogP contribution in [0.1, 0.15) is 24.2 Å². The van der Waals surface area contributed by atoms with E-state index in [1.165, 1.54) is 13.8 Å². The third kappa shape index (κ3) is 6.43. The van der Waals surface area contributed by atoms with Gasteiger partial charge in [-0.3, -0.25) is 9.59 Å². The van der Waals surface area contributed by atoms with Gasteiger partial charge >= 0.3 is 5.97 Å². The number of anilines is 2. The molecule has 3 aromatic rings. The molecule has 0 aliphatic heterocycles. The average Bonchev–Trinajstić information content (AvgIpc) is 2.76. The predicted octanol–water partition coefficient (Wildman–Crippen LogP) is 4.62. The van der Waals surface area contributed by atoms with E-state index < -0.39 is 18.0 Å². The number of para-hydroxylation sites is 1. The summed E-state index contributed by atoms with van der Waals surface area (Å²) in [6, 6.07) is 22.4. The molecule has 0 aliphatic carbocycles. The van der Waals surface area contributed by atoms with Crippen LogP contribution in [0.2, 0.25) is 0 Å². The summed E-state index contributed by atoms with van der Waals surface area (Å²) in [6.45, 7) is 2.90. The molecule has 0 heterocycles. The molecular weight excluding hydrogens is 396 g/mol. The topological polar surface area (TPSA) is 93.7 Å². The molecule has 7 nitrogen and oxygen atoms in total. The van der Waals surface area contributed by atoms with Crippen molar-refractivity contribution in [3.63, 3.8) is 0 Å². The first-order valence-corrected chi connectivity index (χ1v) is 9.63. The molecule has 1 atom stereocenters. The first-order chi connectivity index (χ1) is 14.9. The van der Waals surface area contributed by atoms with Crippen molar-refractivity contribution >= 4 is 29.2 Å². The Morgan fingerprint density at radius 2 is 1.29 bits per heavy atom. The first-order valence-electron chi connectivity index (χ1n) is 9.63. The number of carbonyl (C=O) groups is 3. The van der Waals surface area contributed by atoms with Gasteiger partial charge in [0.1, 0.15) is 11.5 Å². The number of ether oxygens (including phenoxy) is 2. The van der Waals surface area contributed by atoms with Gasteiger partial charge in [0.05, 0.1) is 5.56 Å². The molecule has 0 fully saturated rings. The van der Waals surface area contributed by atoms with Gasteiger partial charge in [-0.05, 0) is 67.6 Å². The molecule has 7 heteroatoms. The molecule has 2 N–H and O–H groups in total. The highest BCUT2D eigenvalue weighted by atomic mass is 16.5. The molecule has 0 bridgehead atoms. The highest BCUT2D eigenvalue weighted by Crippen LogP contribution is 2.21. The number of rotatable bonds is 7. The molecule has 2 amide bonds. The van der Waals surface area contributed by atoms with Gasteiger partial charge in [0, 0.05) is 18.3 Å². The highest BCUT2D eigenvalue weighted by molar-refractivity contribution is 5.97. The van der Waals surface area contributed by atoms with Gasteiger partial charge in [-0.1, -0.05) is 18.2 Å². The zero-order chi connectivity index (χ0) is 22.2. The van der Waals surface area contributed by atoms with E-state index >= 15 is 0 Å². The summed E-state index contributed by atoms with van der Waals surface area (Å²) in [5, 5.41) is 5.31. The molecule has 0 saturated heterocycles. The van der Waals surface area contributed by atoms with E-state index in [2.05, 4.69) is 10.6 Å². The molecule has 0 saturated carbocycles. The molecule has 158 valence electrons. The van der Waals surface area contributed by atoms with Crippen LogP contribution in [0.3, 0.4) is 0 Å². The van der Waals surface area contributed by atoms with Gasteiger partial charge in [-0.15, -0.1) is 0 Å². The minimum absolute atomic E-state index is 0.183. The predicted molar refractivity (Wildman–Crippen MR) is 117 cm³/mol. The molecule has 0 spiro atoms. The number of nitrogens with one attached hydrogen (secondary N) is 2. The summed E-state index contributed by atoms with van der Waals surface area (Å²) in [4.78, 5) is 35.7. The van der Waals surface area contributed by atoms with Crippen molar-refractivity contribution in [1.82, 2.24) is 0 Å². The number of hydrogen-bond acceptors (Lipinski definition) is 5. The van der Waals surface area contributed by atoms with E-state index in [4.69, 9.17) is 9.47 Å². The highest BCUT2D eigenvalue weighted by Gasteiger charge is 2.19. The number of benzene rings is 3. The minimum atomic E-state index is -0.997. The molecule has 0 unspecified atom stereocenters. The van der Waals surface area contributed by atoms with Crippen LogP contribution in [0, 0.1) is 0 Å². The molecule has 0 radical (unpaired) electrons. The summed E-state index contributed by atoms with van der Waals surface area (Å²) in [7, 11) is 0. The number of esters is 1. The van der Waals surface area contributed by atoms with Gasteiger partial charge in [-0.25, -0.2) is 4.79 Å². The standard InChI is InChI=1S/C24H22N2O5/c1-16(23(28)26-20-12-10-19(11-13-20)25-17(2)27)30-24(29)18-8-14-22(15-9-18)31-21-6-4-3-5-7-21/h3-16H,1-2H3,(H,25,27)(H,26,28)/t16-/m0/s1. The first kappa shape index (κ1) is 21.6. The van der Waals surface area contributed by atoms with Crippen LogP contribution in [-0.4, -0.2) is 23.9 Å². The number of carbonyl (C=O) groups excluding carboxylic acids is 3. The maximum Gasteiger partial charge on any atom is 0.338 e. The van der Waals surface area contributed by atoms with E-state index in [1.54, 1.807) is 48.5 Å². The Labute approximate surface area is 180 Å². The number of amides is 2. The van der Waals surface area contributed by atoms with Crippen molar-refractivity contribution in [3.05, 3.63) is 84.4 Å². The van der Waals surface area contributed by atoms with Crippen LogP contribution in [-0.2, 0) is 14.3 Å². The van der Waals surface area contributed by atoms with Crippen molar-refractivity contribution in [2.75, 3.05) is 10.6 Å². The summed E-state index contributed by atoms with van der Waals surface area (Å²) >= 11 is 0. The summed E-state index contributed by atoms with van der Waals surface area (Å²) in [5.74, 6) is 0.000958. The van der Waals surface area contributed by atoms with Crippen molar-refractivity contribution < 1.29 is 23.9 Å². The quantitative estimate of drug-likeness (QED) is 0.546. The molecule has 0 aromatic heterocycles. The zero-order valence-electron chi connectivity index (χ0n) is 17.1. The van der Waals surface area contributed by atoms with Crippen molar-refractivity contribution in [2.45, 2.75) is 20.0 Å². The molecule has 31 heavy (non-hydrogen) atoms. The Bertz CT molecular complexity index is 1050. The van der Waals surface area contributed by atoms with Gasteiger partial charge < -0.3 is 20.1 Å². The van der Waals surface area contributed by atoms with Gasteiger partial charge in [-0.2, -0.15) is 0 Å². The summed E-state index contributed by atoms with van der Waals surface area (Å²) in [5.41, 5.74) is 1.44. The zero-order valence-corrected chi connectivity index (χ0v) is 17.1. The molecular formula is C24H22N2O5. The van der Waals surface area contributed by atoms with E-state index in [1.807, 2.05) is 30.3 Å². The minimum Gasteiger partial charge on any atom is -0.457 e. The fraction of sp³-hybridized carbons (Fsp3) is 0.125. The largest absolute Gasteiger partial charge is 0.457 e. The number of hydrogen-bond donors (Lipinski definition) is 2. The Morgan fingerprint density at radius 3 is 1.87 bits per heavy atom. The summed E-state index contributed by atoms with van der Waals surface area (Å²) < 4.78 is 10.9. The van der Waals surface area contributed by atoms with Crippen LogP contribution in [0.15, 0.2) is 78.9 Å². The lowest BCUT2D eigenvalue weighted by molar-refractivity contribution is -0.123. The second kappa shape index (κ2) is 10.1.